The van der Waals surface area contributed by atoms with Crippen molar-refractivity contribution in [2.75, 3.05) is 23.7 Å². The van der Waals surface area contributed by atoms with E-state index >= 15 is 0 Å². The summed E-state index contributed by atoms with van der Waals surface area (Å²) in [7, 11) is 0. The van der Waals surface area contributed by atoms with Gasteiger partial charge in [-0.1, -0.05) is 23.7 Å². The van der Waals surface area contributed by atoms with Crippen LogP contribution in [0, 0.1) is 0 Å². The molecular formula is C22H24ClF2N3O3. The van der Waals surface area contributed by atoms with Crippen LogP contribution in [0.4, 0.5) is 20.2 Å². The molecule has 3 rings (SSSR count). The normalized spacial score (nSPS) is 16.2. The number of ether oxygens (including phenoxy) is 1. The van der Waals surface area contributed by atoms with Gasteiger partial charge in [0.05, 0.1) is 22.8 Å². The molecule has 0 aliphatic carbocycles. The Labute approximate surface area is 184 Å². The number of amides is 2. The average molecular weight is 452 g/mol. The number of rotatable bonds is 7. The molecule has 6 nitrogen and oxygen atoms in total. The van der Waals surface area contributed by atoms with Gasteiger partial charge in [-0.05, 0) is 56.5 Å². The largest absolute Gasteiger partial charge is 0.433 e. The van der Waals surface area contributed by atoms with Crippen molar-refractivity contribution in [3.8, 4) is 5.75 Å². The van der Waals surface area contributed by atoms with Crippen molar-refractivity contribution in [2.45, 2.75) is 38.8 Å². The van der Waals surface area contributed by atoms with Gasteiger partial charge in [-0.25, -0.2) is 0 Å². The fourth-order valence-corrected chi connectivity index (χ4v) is 3.76. The number of carbonyl (C=O) groups excluding carboxylic acids is 2. The van der Waals surface area contributed by atoms with E-state index in [1.807, 2.05) is 11.8 Å². The van der Waals surface area contributed by atoms with Gasteiger partial charge in [0, 0.05) is 18.3 Å². The molecule has 1 saturated heterocycles. The molecule has 2 amide bonds. The summed E-state index contributed by atoms with van der Waals surface area (Å²) in [6, 6.07) is 11.0. The molecule has 9 heteroatoms. The number of benzene rings is 2. The van der Waals surface area contributed by atoms with E-state index in [0.29, 0.717) is 22.8 Å². The number of hydrogen-bond acceptors (Lipinski definition) is 4. The molecule has 166 valence electrons. The van der Waals surface area contributed by atoms with Crippen LogP contribution in [-0.4, -0.2) is 42.5 Å². The number of likely N-dealkylation sites (tertiary alicyclic amines) is 1. The number of carbonyl (C=O) groups is 2. The Morgan fingerprint density at radius 2 is 2.00 bits per heavy atom. The van der Waals surface area contributed by atoms with Crippen LogP contribution in [0.2, 0.25) is 5.02 Å². The molecule has 1 atom stereocenters. The van der Waals surface area contributed by atoms with Crippen molar-refractivity contribution in [3.05, 3.63) is 53.1 Å². The van der Waals surface area contributed by atoms with Gasteiger partial charge in [-0.2, -0.15) is 8.78 Å². The van der Waals surface area contributed by atoms with Gasteiger partial charge in [-0.3, -0.25) is 9.59 Å². The minimum Gasteiger partial charge on any atom is -0.433 e. The van der Waals surface area contributed by atoms with Gasteiger partial charge in [0.25, 0.3) is 5.91 Å². The molecule has 2 N–H and O–H groups in total. The smallest absolute Gasteiger partial charge is 0.387 e. The SMILES string of the molecule is CC1CCCCN1C(=O)c1ccc(NCC(=O)Nc2ccccc2OC(F)F)cc1Cl. The molecular weight excluding hydrogens is 428 g/mol. The summed E-state index contributed by atoms with van der Waals surface area (Å²) in [4.78, 5) is 26.9. The van der Waals surface area contributed by atoms with Gasteiger partial charge in [0.15, 0.2) is 0 Å². The van der Waals surface area contributed by atoms with Crippen LogP contribution in [0.1, 0.15) is 36.5 Å². The molecule has 2 aromatic rings. The van der Waals surface area contributed by atoms with Gasteiger partial charge < -0.3 is 20.3 Å². The monoisotopic (exact) mass is 451 g/mol. The highest BCUT2D eigenvalue weighted by Crippen LogP contribution is 2.27. The van der Waals surface area contributed by atoms with E-state index in [9.17, 15) is 18.4 Å². The van der Waals surface area contributed by atoms with Gasteiger partial charge in [0.2, 0.25) is 5.91 Å². The van der Waals surface area contributed by atoms with Crippen molar-refractivity contribution in [1.29, 1.82) is 0 Å². The number of alkyl halides is 2. The zero-order valence-electron chi connectivity index (χ0n) is 17.0. The first-order chi connectivity index (χ1) is 14.8. The first-order valence-electron chi connectivity index (χ1n) is 10.0. The minimum atomic E-state index is -2.99. The van der Waals surface area contributed by atoms with Crippen LogP contribution in [0.25, 0.3) is 0 Å². The average Bonchev–Trinajstić information content (AvgIpc) is 2.73. The molecule has 2 aromatic carbocycles. The molecule has 0 bridgehead atoms. The molecule has 0 radical (unpaired) electrons. The molecule has 0 aromatic heterocycles. The van der Waals surface area contributed by atoms with Crippen molar-refractivity contribution < 1.29 is 23.1 Å². The lowest BCUT2D eigenvalue weighted by Gasteiger charge is -2.33. The number of piperidine rings is 1. The maximum absolute atomic E-state index is 12.8. The van der Waals surface area contributed by atoms with Crippen LogP contribution in [0.15, 0.2) is 42.5 Å². The standard InChI is InChI=1S/C22H24ClF2N3O3/c1-14-6-4-5-11-28(14)21(30)16-10-9-15(12-17(16)23)26-13-20(29)27-18-7-2-3-8-19(18)31-22(24)25/h2-3,7-10,12,14,22,26H,4-6,11,13H2,1H3,(H,27,29). The quantitative estimate of drug-likeness (QED) is 0.621. The number of nitrogens with one attached hydrogen (secondary N) is 2. The lowest BCUT2D eigenvalue weighted by Crippen LogP contribution is -2.42. The third-order valence-corrected chi connectivity index (χ3v) is 5.41. The summed E-state index contributed by atoms with van der Waals surface area (Å²) in [6.45, 7) is -0.375. The summed E-state index contributed by atoms with van der Waals surface area (Å²) < 4.78 is 29.4. The fourth-order valence-electron chi connectivity index (χ4n) is 3.50. The first kappa shape index (κ1) is 22.8. The minimum absolute atomic E-state index is 0.0999. The lowest BCUT2D eigenvalue weighted by molar-refractivity contribution is -0.114. The summed E-state index contributed by atoms with van der Waals surface area (Å²) in [5, 5.41) is 5.73. The maximum atomic E-state index is 12.8. The molecule has 1 fully saturated rings. The van der Waals surface area contributed by atoms with E-state index in [4.69, 9.17) is 11.6 Å². The van der Waals surface area contributed by atoms with Gasteiger partial charge in [0.1, 0.15) is 5.75 Å². The Bertz CT molecular complexity index is 942. The Balaban J connectivity index is 1.59. The van der Waals surface area contributed by atoms with Gasteiger partial charge >= 0.3 is 6.61 Å². The molecule has 0 spiro atoms. The zero-order valence-corrected chi connectivity index (χ0v) is 17.8. The van der Waals surface area contributed by atoms with Crippen LogP contribution in [0.5, 0.6) is 5.75 Å². The third kappa shape index (κ3) is 6.07. The second-order valence-corrected chi connectivity index (χ2v) is 7.72. The summed E-state index contributed by atoms with van der Waals surface area (Å²) in [6.07, 6.45) is 3.07. The molecule has 1 heterocycles. The molecule has 1 unspecified atom stereocenters. The highest BCUT2D eigenvalue weighted by molar-refractivity contribution is 6.34. The second kappa shape index (κ2) is 10.4. The van der Waals surface area contributed by atoms with E-state index in [2.05, 4.69) is 15.4 Å². The van der Waals surface area contributed by atoms with Crippen LogP contribution in [0.3, 0.4) is 0 Å². The van der Waals surface area contributed by atoms with E-state index in [1.165, 1.54) is 18.2 Å². The number of para-hydroxylation sites is 2. The molecule has 0 saturated carbocycles. The Hall–Kier alpha value is -2.87. The van der Waals surface area contributed by atoms with E-state index in [-0.39, 0.29) is 29.9 Å². The highest BCUT2D eigenvalue weighted by atomic mass is 35.5. The first-order valence-corrected chi connectivity index (χ1v) is 10.4. The Morgan fingerprint density at radius 3 is 2.71 bits per heavy atom. The van der Waals surface area contributed by atoms with E-state index in [1.54, 1.807) is 24.3 Å². The van der Waals surface area contributed by atoms with E-state index < -0.39 is 12.5 Å². The van der Waals surface area contributed by atoms with Gasteiger partial charge in [-0.15, -0.1) is 0 Å². The topological polar surface area (TPSA) is 70.7 Å². The predicted molar refractivity (Wildman–Crippen MR) is 116 cm³/mol. The van der Waals surface area contributed by atoms with Crippen molar-refractivity contribution in [1.82, 2.24) is 4.90 Å². The van der Waals surface area contributed by atoms with Crippen molar-refractivity contribution in [2.24, 2.45) is 0 Å². The van der Waals surface area contributed by atoms with Crippen molar-refractivity contribution >= 4 is 34.8 Å². The molecule has 1 aliphatic rings. The Kier molecular flexibility index (Phi) is 7.68. The highest BCUT2D eigenvalue weighted by Gasteiger charge is 2.25. The molecule has 1 aliphatic heterocycles. The van der Waals surface area contributed by atoms with Crippen LogP contribution < -0.4 is 15.4 Å². The fraction of sp³-hybridized carbons (Fsp3) is 0.364. The second-order valence-electron chi connectivity index (χ2n) is 7.31. The number of anilines is 2. The lowest BCUT2D eigenvalue weighted by atomic mass is 10.0. The summed E-state index contributed by atoms with van der Waals surface area (Å²) >= 11 is 6.33. The Morgan fingerprint density at radius 1 is 1.23 bits per heavy atom. The number of hydrogen-bond donors (Lipinski definition) is 2. The third-order valence-electron chi connectivity index (χ3n) is 5.09. The van der Waals surface area contributed by atoms with E-state index in [0.717, 1.165) is 19.3 Å². The summed E-state index contributed by atoms with van der Waals surface area (Å²) in [5.74, 6) is -0.676. The van der Waals surface area contributed by atoms with Crippen LogP contribution >= 0.6 is 11.6 Å². The summed E-state index contributed by atoms with van der Waals surface area (Å²) in [5.41, 5.74) is 1.12. The number of nitrogens with zero attached hydrogens (tertiary/aromatic N) is 1. The predicted octanol–water partition coefficient (Wildman–Crippen LogP) is 5.01. The van der Waals surface area contributed by atoms with Crippen LogP contribution in [-0.2, 0) is 4.79 Å². The zero-order chi connectivity index (χ0) is 22.4. The maximum Gasteiger partial charge on any atom is 0.387 e. The number of halogens is 3. The van der Waals surface area contributed by atoms with Crippen molar-refractivity contribution in [3.63, 3.8) is 0 Å². The molecule has 31 heavy (non-hydrogen) atoms.